The highest BCUT2D eigenvalue weighted by Gasteiger charge is 2.05. The van der Waals surface area contributed by atoms with Gasteiger partial charge in [0.1, 0.15) is 18.2 Å². The molecule has 20 heavy (non-hydrogen) atoms. The molecule has 0 unspecified atom stereocenters. The zero-order valence-electron chi connectivity index (χ0n) is 10.7. The summed E-state index contributed by atoms with van der Waals surface area (Å²) in [5.41, 5.74) is 1.80. The third-order valence-electron chi connectivity index (χ3n) is 2.68. The average molecular weight is 334 g/mol. The summed E-state index contributed by atoms with van der Waals surface area (Å²) in [6.45, 7) is 0.794. The van der Waals surface area contributed by atoms with E-state index in [0.29, 0.717) is 11.0 Å². The van der Waals surface area contributed by atoms with Gasteiger partial charge >= 0.3 is 0 Å². The van der Waals surface area contributed by atoms with Crippen molar-refractivity contribution in [2.24, 2.45) is 0 Å². The number of rotatable bonds is 5. The lowest BCUT2D eigenvalue weighted by Gasteiger charge is -2.12. The van der Waals surface area contributed by atoms with Gasteiger partial charge in [-0.15, -0.1) is 6.42 Å². The standard InChI is InChI=1S/C16H13BrFNO/c1-2-9-20-16-6-4-3-5-12(16)11-19-15-8-7-13(18)10-14(15)17/h1,3-8,10,19H,9,11H2. The number of halogens is 2. The number of nitrogens with one attached hydrogen (secondary N) is 1. The highest BCUT2D eigenvalue weighted by Crippen LogP contribution is 2.25. The molecule has 2 aromatic rings. The summed E-state index contributed by atoms with van der Waals surface area (Å²) in [6, 6.07) is 12.2. The molecule has 0 radical (unpaired) electrons. The van der Waals surface area contributed by atoms with Gasteiger partial charge in [-0.25, -0.2) is 4.39 Å². The topological polar surface area (TPSA) is 21.3 Å². The highest BCUT2D eigenvalue weighted by atomic mass is 79.9. The van der Waals surface area contributed by atoms with Crippen molar-refractivity contribution in [1.82, 2.24) is 0 Å². The fourth-order valence-corrected chi connectivity index (χ4v) is 2.22. The van der Waals surface area contributed by atoms with E-state index in [-0.39, 0.29) is 12.4 Å². The van der Waals surface area contributed by atoms with Crippen LogP contribution >= 0.6 is 15.9 Å². The van der Waals surface area contributed by atoms with Gasteiger partial charge in [-0.05, 0) is 40.2 Å². The third kappa shape index (κ3) is 3.75. The van der Waals surface area contributed by atoms with Crippen molar-refractivity contribution in [3.05, 3.63) is 58.3 Å². The van der Waals surface area contributed by atoms with Crippen LogP contribution in [0.1, 0.15) is 5.56 Å². The van der Waals surface area contributed by atoms with Gasteiger partial charge in [0.05, 0.1) is 0 Å². The van der Waals surface area contributed by atoms with Crippen molar-refractivity contribution in [2.75, 3.05) is 11.9 Å². The molecule has 0 spiro atoms. The van der Waals surface area contributed by atoms with E-state index in [2.05, 4.69) is 27.2 Å². The van der Waals surface area contributed by atoms with Crippen LogP contribution in [0.3, 0.4) is 0 Å². The second-order valence-electron chi connectivity index (χ2n) is 4.08. The maximum atomic E-state index is 13.0. The Bertz CT molecular complexity index is 637. The molecule has 0 saturated carbocycles. The van der Waals surface area contributed by atoms with Gasteiger partial charge in [0.25, 0.3) is 0 Å². The second kappa shape index (κ2) is 6.97. The smallest absolute Gasteiger partial charge is 0.148 e. The Balaban J connectivity index is 2.09. The zero-order valence-corrected chi connectivity index (χ0v) is 12.3. The van der Waals surface area contributed by atoms with Crippen LogP contribution in [0.4, 0.5) is 10.1 Å². The molecule has 0 heterocycles. The van der Waals surface area contributed by atoms with E-state index in [0.717, 1.165) is 17.0 Å². The number of para-hydroxylation sites is 1. The van der Waals surface area contributed by atoms with Crippen molar-refractivity contribution in [3.63, 3.8) is 0 Å². The molecule has 102 valence electrons. The molecular weight excluding hydrogens is 321 g/mol. The molecule has 0 aliphatic heterocycles. The number of hydrogen-bond donors (Lipinski definition) is 1. The van der Waals surface area contributed by atoms with Crippen LogP contribution in [-0.2, 0) is 6.54 Å². The van der Waals surface area contributed by atoms with E-state index < -0.39 is 0 Å². The lowest BCUT2D eigenvalue weighted by Crippen LogP contribution is -2.04. The van der Waals surface area contributed by atoms with Crippen molar-refractivity contribution in [1.29, 1.82) is 0 Å². The Kier molecular flexibility index (Phi) is 5.03. The van der Waals surface area contributed by atoms with Crippen LogP contribution in [-0.4, -0.2) is 6.61 Å². The Labute approximate surface area is 126 Å². The van der Waals surface area contributed by atoms with E-state index in [1.807, 2.05) is 24.3 Å². The van der Waals surface area contributed by atoms with Gasteiger partial charge in [0.2, 0.25) is 0 Å². The number of hydrogen-bond acceptors (Lipinski definition) is 2. The molecule has 0 aromatic heterocycles. The lowest BCUT2D eigenvalue weighted by atomic mass is 10.2. The SMILES string of the molecule is C#CCOc1ccccc1CNc1ccc(F)cc1Br. The van der Waals surface area contributed by atoms with Gasteiger partial charge in [-0.3, -0.25) is 0 Å². The molecule has 0 saturated heterocycles. The Morgan fingerprint density at radius 3 is 2.80 bits per heavy atom. The van der Waals surface area contributed by atoms with Crippen molar-refractivity contribution < 1.29 is 9.13 Å². The minimum Gasteiger partial charge on any atom is -0.481 e. The molecule has 2 rings (SSSR count). The predicted octanol–water partition coefficient (Wildman–Crippen LogP) is 4.21. The number of anilines is 1. The van der Waals surface area contributed by atoms with E-state index >= 15 is 0 Å². The molecule has 4 heteroatoms. The molecule has 1 N–H and O–H groups in total. The molecule has 0 amide bonds. The summed E-state index contributed by atoms with van der Waals surface area (Å²) in [7, 11) is 0. The van der Waals surface area contributed by atoms with Crippen LogP contribution in [0.25, 0.3) is 0 Å². The van der Waals surface area contributed by atoms with Gasteiger partial charge < -0.3 is 10.1 Å². The summed E-state index contributed by atoms with van der Waals surface area (Å²) in [4.78, 5) is 0. The maximum absolute atomic E-state index is 13.0. The van der Waals surface area contributed by atoms with E-state index in [9.17, 15) is 4.39 Å². The van der Waals surface area contributed by atoms with Crippen LogP contribution in [0.15, 0.2) is 46.9 Å². The Hall–Kier alpha value is -1.99. The predicted molar refractivity (Wildman–Crippen MR) is 82.2 cm³/mol. The third-order valence-corrected chi connectivity index (χ3v) is 3.34. The van der Waals surface area contributed by atoms with Gasteiger partial charge in [0, 0.05) is 22.3 Å². The first kappa shape index (κ1) is 14.4. The Morgan fingerprint density at radius 1 is 1.25 bits per heavy atom. The average Bonchev–Trinajstić information content (AvgIpc) is 2.45. The first-order valence-corrected chi connectivity index (χ1v) is 6.83. The first-order valence-electron chi connectivity index (χ1n) is 6.04. The summed E-state index contributed by atoms with van der Waals surface area (Å²) in [5.74, 6) is 2.91. The highest BCUT2D eigenvalue weighted by molar-refractivity contribution is 9.10. The molecule has 0 aliphatic carbocycles. The van der Waals surface area contributed by atoms with Crippen LogP contribution in [0.2, 0.25) is 0 Å². The molecule has 2 aromatic carbocycles. The summed E-state index contributed by atoms with van der Waals surface area (Å²) in [6.07, 6.45) is 5.19. The van der Waals surface area contributed by atoms with Crippen molar-refractivity contribution >= 4 is 21.6 Å². The maximum Gasteiger partial charge on any atom is 0.148 e. The van der Waals surface area contributed by atoms with Crippen LogP contribution in [0, 0.1) is 18.2 Å². The van der Waals surface area contributed by atoms with Gasteiger partial charge in [-0.2, -0.15) is 0 Å². The van der Waals surface area contributed by atoms with E-state index in [4.69, 9.17) is 11.2 Å². The largest absolute Gasteiger partial charge is 0.481 e. The molecule has 0 fully saturated rings. The molecule has 0 bridgehead atoms. The molecule has 2 nitrogen and oxygen atoms in total. The van der Waals surface area contributed by atoms with Gasteiger partial charge in [0.15, 0.2) is 0 Å². The first-order chi connectivity index (χ1) is 9.70. The monoisotopic (exact) mass is 333 g/mol. The minimum absolute atomic E-state index is 0.233. The van der Waals surface area contributed by atoms with E-state index in [1.54, 1.807) is 6.07 Å². The number of ether oxygens (including phenoxy) is 1. The summed E-state index contributed by atoms with van der Waals surface area (Å²) >= 11 is 3.32. The fourth-order valence-electron chi connectivity index (χ4n) is 1.73. The van der Waals surface area contributed by atoms with E-state index in [1.165, 1.54) is 12.1 Å². The quantitative estimate of drug-likeness (QED) is 0.827. The van der Waals surface area contributed by atoms with Crippen LogP contribution in [0.5, 0.6) is 5.75 Å². The lowest BCUT2D eigenvalue weighted by molar-refractivity contribution is 0.366. The van der Waals surface area contributed by atoms with Crippen molar-refractivity contribution in [3.8, 4) is 18.1 Å². The van der Waals surface area contributed by atoms with Gasteiger partial charge in [-0.1, -0.05) is 24.1 Å². The molecular formula is C16H13BrFNO. The summed E-state index contributed by atoms with van der Waals surface area (Å²) < 4.78 is 19.2. The zero-order chi connectivity index (χ0) is 14.4. The summed E-state index contributed by atoms with van der Waals surface area (Å²) in [5, 5.41) is 3.23. The Morgan fingerprint density at radius 2 is 2.05 bits per heavy atom. The minimum atomic E-state index is -0.278. The molecule has 0 aliphatic rings. The van der Waals surface area contributed by atoms with Crippen LogP contribution < -0.4 is 10.1 Å². The number of benzene rings is 2. The fraction of sp³-hybridized carbons (Fsp3) is 0.125. The normalized spacial score (nSPS) is 9.85. The molecule has 0 atom stereocenters. The second-order valence-corrected chi connectivity index (χ2v) is 4.93. The van der Waals surface area contributed by atoms with Crippen molar-refractivity contribution in [2.45, 2.75) is 6.54 Å². The number of terminal acetylenes is 1.